The van der Waals surface area contributed by atoms with Gasteiger partial charge in [0.2, 0.25) is 0 Å². The standard InChI is InChI=1S/C22H24FNO5/c1-27-15-9-10-19(28-2)18(13-15)24-20(25)14-29-21(26)22(11-5-6-12-22)16-7-3-4-8-17(16)23/h3-4,7-10,13H,5-6,11-12,14H2,1-2H3,(H,24,25). The third kappa shape index (κ3) is 4.34. The number of rotatable bonds is 7. The van der Waals surface area contributed by atoms with Crippen molar-refractivity contribution in [2.45, 2.75) is 31.1 Å². The van der Waals surface area contributed by atoms with E-state index in [1.807, 2.05) is 0 Å². The lowest BCUT2D eigenvalue weighted by Crippen LogP contribution is -2.37. The largest absolute Gasteiger partial charge is 0.497 e. The Balaban J connectivity index is 1.70. The Morgan fingerprint density at radius 1 is 1.07 bits per heavy atom. The highest BCUT2D eigenvalue weighted by molar-refractivity contribution is 5.95. The number of carbonyl (C=O) groups excluding carboxylic acids is 2. The molecule has 1 amide bonds. The smallest absolute Gasteiger partial charge is 0.317 e. The second-order valence-electron chi connectivity index (χ2n) is 6.96. The Hall–Kier alpha value is -3.09. The summed E-state index contributed by atoms with van der Waals surface area (Å²) >= 11 is 0. The number of esters is 1. The maximum absolute atomic E-state index is 14.4. The zero-order chi connectivity index (χ0) is 20.9. The predicted molar refractivity (Wildman–Crippen MR) is 106 cm³/mol. The van der Waals surface area contributed by atoms with Crippen LogP contribution < -0.4 is 14.8 Å². The summed E-state index contributed by atoms with van der Waals surface area (Å²) in [6, 6.07) is 11.2. The molecule has 6 nitrogen and oxygen atoms in total. The number of hydrogen-bond acceptors (Lipinski definition) is 5. The Morgan fingerprint density at radius 2 is 1.79 bits per heavy atom. The van der Waals surface area contributed by atoms with Gasteiger partial charge in [-0.05, 0) is 31.0 Å². The molecule has 0 unspecified atom stereocenters. The van der Waals surface area contributed by atoms with Gasteiger partial charge < -0.3 is 19.5 Å². The van der Waals surface area contributed by atoms with Gasteiger partial charge in [-0.2, -0.15) is 0 Å². The number of anilines is 1. The first-order chi connectivity index (χ1) is 14.0. The third-order valence-electron chi connectivity index (χ3n) is 5.25. The van der Waals surface area contributed by atoms with E-state index in [-0.39, 0.29) is 0 Å². The molecule has 0 atom stereocenters. The second kappa shape index (κ2) is 8.94. The first kappa shape index (κ1) is 20.6. The average Bonchev–Trinajstić information content (AvgIpc) is 3.23. The number of amides is 1. The Labute approximate surface area is 169 Å². The fourth-order valence-electron chi connectivity index (χ4n) is 3.78. The molecule has 1 aliphatic rings. The third-order valence-corrected chi connectivity index (χ3v) is 5.25. The summed E-state index contributed by atoms with van der Waals surface area (Å²) in [4.78, 5) is 25.2. The van der Waals surface area contributed by atoms with Crippen molar-refractivity contribution in [3.8, 4) is 11.5 Å². The minimum absolute atomic E-state index is 0.331. The molecule has 0 radical (unpaired) electrons. The number of ether oxygens (including phenoxy) is 3. The number of hydrogen-bond donors (Lipinski definition) is 1. The van der Waals surface area contributed by atoms with Crippen LogP contribution in [0.15, 0.2) is 42.5 Å². The molecule has 0 saturated heterocycles. The predicted octanol–water partition coefficient (Wildman–Crippen LogP) is 3.84. The van der Waals surface area contributed by atoms with Crippen molar-refractivity contribution in [3.05, 3.63) is 53.8 Å². The van der Waals surface area contributed by atoms with E-state index in [9.17, 15) is 14.0 Å². The fourth-order valence-corrected chi connectivity index (χ4v) is 3.78. The number of methoxy groups -OCH3 is 2. The van der Waals surface area contributed by atoms with Crippen LogP contribution in [0.25, 0.3) is 0 Å². The lowest BCUT2D eigenvalue weighted by atomic mass is 9.78. The summed E-state index contributed by atoms with van der Waals surface area (Å²) in [5, 5.41) is 2.65. The average molecular weight is 401 g/mol. The molecule has 29 heavy (non-hydrogen) atoms. The lowest BCUT2D eigenvalue weighted by Gasteiger charge is -2.27. The summed E-state index contributed by atoms with van der Waals surface area (Å²) in [5.74, 6) is -0.539. The summed E-state index contributed by atoms with van der Waals surface area (Å²) in [7, 11) is 2.99. The molecule has 2 aromatic carbocycles. The van der Waals surface area contributed by atoms with Crippen LogP contribution in [0.3, 0.4) is 0 Å². The molecule has 7 heteroatoms. The van der Waals surface area contributed by atoms with Crippen LogP contribution in [0.4, 0.5) is 10.1 Å². The van der Waals surface area contributed by atoms with Crippen molar-refractivity contribution in [2.75, 3.05) is 26.1 Å². The number of carbonyl (C=O) groups is 2. The van der Waals surface area contributed by atoms with Crippen molar-refractivity contribution in [2.24, 2.45) is 0 Å². The molecule has 3 rings (SSSR count). The quantitative estimate of drug-likeness (QED) is 0.714. The highest BCUT2D eigenvalue weighted by Gasteiger charge is 2.45. The summed E-state index contributed by atoms with van der Waals surface area (Å²) in [5.41, 5.74) is -0.311. The van der Waals surface area contributed by atoms with Gasteiger partial charge in [0.05, 0.1) is 25.3 Å². The highest BCUT2D eigenvalue weighted by atomic mass is 19.1. The second-order valence-corrected chi connectivity index (χ2v) is 6.96. The molecule has 0 bridgehead atoms. The van der Waals surface area contributed by atoms with E-state index in [0.29, 0.717) is 35.6 Å². The van der Waals surface area contributed by atoms with E-state index < -0.39 is 29.7 Å². The number of nitrogens with one attached hydrogen (secondary N) is 1. The molecular formula is C22H24FNO5. The van der Waals surface area contributed by atoms with Crippen molar-refractivity contribution in [3.63, 3.8) is 0 Å². The minimum Gasteiger partial charge on any atom is -0.497 e. The van der Waals surface area contributed by atoms with E-state index in [2.05, 4.69) is 5.32 Å². The molecule has 2 aromatic rings. The fraction of sp³-hybridized carbons (Fsp3) is 0.364. The minimum atomic E-state index is -1.04. The summed E-state index contributed by atoms with van der Waals surface area (Å²) < 4.78 is 30.1. The molecule has 1 aliphatic carbocycles. The van der Waals surface area contributed by atoms with Gasteiger partial charge in [0, 0.05) is 11.6 Å². The molecule has 0 heterocycles. The van der Waals surface area contributed by atoms with Gasteiger partial charge in [-0.1, -0.05) is 31.0 Å². The maximum atomic E-state index is 14.4. The van der Waals surface area contributed by atoms with Gasteiger partial charge >= 0.3 is 5.97 Å². The monoisotopic (exact) mass is 401 g/mol. The van der Waals surface area contributed by atoms with Crippen LogP contribution in [0.5, 0.6) is 11.5 Å². The van der Waals surface area contributed by atoms with E-state index in [0.717, 1.165) is 12.8 Å². The number of halogens is 1. The molecule has 0 aliphatic heterocycles. The maximum Gasteiger partial charge on any atom is 0.317 e. The summed E-state index contributed by atoms with van der Waals surface area (Å²) in [6.07, 6.45) is 2.60. The number of benzene rings is 2. The van der Waals surface area contributed by atoms with E-state index >= 15 is 0 Å². The van der Waals surface area contributed by atoms with Gasteiger partial charge in [0.25, 0.3) is 5.91 Å². The lowest BCUT2D eigenvalue weighted by molar-refractivity contribution is -0.153. The van der Waals surface area contributed by atoms with Crippen LogP contribution in [0, 0.1) is 5.82 Å². The molecule has 1 fully saturated rings. The molecule has 1 N–H and O–H groups in total. The van der Waals surface area contributed by atoms with Crippen molar-refractivity contribution < 1.29 is 28.2 Å². The van der Waals surface area contributed by atoms with Crippen LogP contribution in [-0.4, -0.2) is 32.7 Å². The first-order valence-corrected chi connectivity index (χ1v) is 9.44. The van der Waals surface area contributed by atoms with Crippen LogP contribution in [0.2, 0.25) is 0 Å². The summed E-state index contributed by atoms with van der Waals surface area (Å²) in [6.45, 7) is -0.477. The van der Waals surface area contributed by atoms with Gasteiger partial charge in [-0.25, -0.2) is 4.39 Å². The molecule has 0 spiro atoms. The van der Waals surface area contributed by atoms with E-state index in [1.54, 1.807) is 36.4 Å². The van der Waals surface area contributed by atoms with Gasteiger partial charge in [-0.3, -0.25) is 9.59 Å². The van der Waals surface area contributed by atoms with Gasteiger partial charge in [0.1, 0.15) is 17.3 Å². The highest BCUT2D eigenvalue weighted by Crippen LogP contribution is 2.43. The van der Waals surface area contributed by atoms with Gasteiger partial charge in [-0.15, -0.1) is 0 Å². The van der Waals surface area contributed by atoms with Crippen molar-refractivity contribution >= 4 is 17.6 Å². The van der Waals surface area contributed by atoms with E-state index in [4.69, 9.17) is 14.2 Å². The SMILES string of the molecule is COc1ccc(OC)c(NC(=O)COC(=O)C2(c3ccccc3F)CCCC2)c1. The normalized spacial score (nSPS) is 14.9. The first-order valence-electron chi connectivity index (χ1n) is 9.44. The van der Waals surface area contributed by atoms with E-state index in [1.165, 1.54) is 20.3 Å². The molecule has 154 valence electrons. The Bertz CT molecular complexity index is 893. The van der Waals surface area contributed by atoms with Crippen LogP contribution in [-0.2, 0) is 19.7 Å². The van der Waals surface area contributed by atoms with Crippen LogP contribution in [0.1, 0.15) is 31.2 Å². The van der Waals surface area contributed by atoms with Crippen molar-refractivity contribution in [1.29, 1.82) is 0 Å². The molecule has 0 aromatic heterocycles. The topological polar surface area (TPSA) is 73.9 Å². The zero-order valence-electron chi connectivity index (χ0n) is 16.5. The van der Waals surface area contributed by atoms with Crippen LogP contribution >= 0.6 is 0 Å². The Morgan fingerprint density at radius 3 is 2.45 bits per heavy atom. The zero-order valence-corrected chi connectivity index (χ0v) is 16.5. The van der Waals surface area contributed by atoms with Crippen molar-refractivity contribution in [1.82, 2.24) is 0 Å². The van der Waals surface area contributed by atoms with Gasteiger partial charge in [0.15, 0.2) is 6.61 Å². The molecule has 1 saturated carbocycles. The Kier molecular flexibility index (Phi) is 6.36. The molecular weight excluding hydrogens is 377 g/mol.